The monoisotopic (exact) mass is 221 g/mol. The molecule has 0 amide bonds. The third-order valence-electron chi connectivity index (χ3n) is 2.38. The van der Waals surface area contributed by atoms with Crippen LogP contribution in [0.25, 0.3) is 0 Å². The summed E-state index contributed by atoms with van der Waals surface area (Å²) in [6.45, 7) is 0. The van der Waals surface area contributed by atoms with Crippen LogP contribution < -0.4 is 18.1 Å². The van der Waals surface area contributed by atoms with Crippen molar-refractivity contribution in [2.75, 3.05) is 0 Å². The van der Waals surface area contributed by atoms with E-state index in [0.717, 1.165) is 24.0 Å². The third kappa shape index (κ3) is 1.80. The lowest BCUT2D eigenvalue weighted by molar-refractivity contribution is -0.425. The van der Waals surface area contributed by atoms with Gasteiger partial charge in [-0.2, -0.15) is 0 Å². The van der Waals surface area contributed by atoms with Gasteiger partial charge < -0.3 is 18.1 Å². The van der Waals surface area contributed by atoms with E-state index in [1.54, 1.807) is 0 Å². The van der Waals surface area contributed by atoms with Crippen LogP contribution in [0, 0.1) is 5.82 Å². The second-order valence-electron chi connectivity index (χ2n) is 3.19. The predicted molar refractivity (Wildman–Crippen MR) is 45.4 cm³/mol. The molecule has 0 heterocycles. The molecule has 0 spiro atoms. The molecule has 0 radical (unpaired) electrons. The normalized spacial score (nSPS) is 19.5. The average Bonchev–Trinajstić information content (AvgIpc) is 2.33. The van der Waals surface area contributed by atoms with Crippen molar-refractivity contribution in [2.24, 2.45) is 0 Å². The van der Waals surface area contributed by atoms with Crippen LogP contribution in [0.1, 0.15) is 23.6 Å². The molecule has 1 aromatic rings. The van der Waals surface area contributed by atoms with Crippen LogP contribution in [0.15, 0.2) is 12.1 Å². The molecular weight excluding hydrogens is 212 g/mol. The Morgan fingerprint density at radius 2 is 2.15 bits per heavy atom. The highest BCUT2D eigenvalue weighted by Crippen LogP contribution is 2.32. The first kappa shape index (κ1) is 10.8. The van der Waals surface area contributed by atoms with Crippen molar-refractivity contribution in [2.45, 2.75) is 18.9 Å². The van der Waals surface area contributed by atoms with Crippen LogP contribution in [0.5, 0.6) is 0 Å². The summed E-state index contributed by atoms with van der Waals surface area (Å²) >= 11 is 5.73. The minimum absolute atomic E-state index is 0. The lowest BCUT2D eigenvalue weighted by atomic mass is 10.1. The van der Waals surface area contributed by atoms with E-state index in [1.165, 1.54) is 6.07 Å². The molecule has 72 valence electrons. The molecule has 0 saturated heterocycles. The fourth-order valence-corrected chi connectivity index (χ4v) is 1.94. The topological polar surface area (TPSA) is 27.6 Å². The van der Waals surface area contributed by atoms with E-state index in [2.05, 4.69) is 5.73 Å². The molecule has 4 heteroatoms. The van der Waals surface area contributed by atoms with Gasteiger partial charge in [0.15, 0.2) is 0 Å². The van der Waals surface area contributed by atoms with E-state index in [4.69, 9.17) is 11.6 Å². The van der Waals surface area contributed by atoms with Crippen LogP contribution in [0.3, 0.4) is 0 Å². The van der Waals surface area contributed by atoms with Crippen LogP contribution >= 0.6 is 11.6 Å². The quantitative estimate of drug-likeness (QED) is 0.566. The summed E-state index contributed by atoms with van der Waals surface area (Å²) in [5.74, 6) is -0.177. The van der Waals surface area contributed by atoms with Crippen LogP contribution in [-0.2, 0) is 6.42 Å². The Hall–Kier alpha value is -0.310. The molecule has 0 aromatic heterocycles. The van der Waals surface area contributed by atoms with Crippen molar-refractivity contribution < 1.29 is 22.5 Å². The van der Waals surface area contributed by atoms with Gasteiger partial charge in [-0.1, -0.05) is 11.6 Å². The molecule has 0 fully saturated rings. The van der Waals surface area contributed by atoms with Gasteiger partial charge in [0.1, 0.15) is 11.9 Å². The third-order valence-corrected chi connectivity index (χ3v) is 2.60. The maximum atomic E-state index is 13.2. The van der Waals surface area contributed by atoms with Gasteiger partial charge in [-0.25, -0.2) is 4.39 Å². The van der Waals surface area contributed by atoms with Crippen LogP contribution in [-0.4, -0.2) is 0 Å². The molecule has 1 aliphatic rings. The molecule has 2 rings (SSSR count). The molecule has 0 bridgehead atoms. The number of rotatable bonds is 0. The van der Waals surface area contributed by atoms with Gasteiger partial charge in [-0.3, -0.25) is 0 Å². The fourth-order valence-electron chi connectivity index (χ4n) is 1.73. The van der Waals surface area contributed by atoms with E-state index in [1.807, 2.05) is 6.07 Å². The second-order valence-corrected chi connectivity index (χ2v) is 3.63. The SMILES string of the molecule is [Cl-].[NH3+][C@@H]1CCc2c(F)cc(Cl)cc21. The Bertz CT molecular complexity index is 328. The second kappa shape index (κ2) is 3.82. The Balaban J connectivity index is 0.000000845. The van der Waals surface area contributed by atoms with Gasteiger partial charge in [0, 0.05) is 17.0 Å². The zero-order chi connectivity index (χ0) is 8.72. The van der Waals surface area contributed by atoms with E-state index in [9.17, 15) is 4.39 Å². The Kier molecular flexibility index (Phi) is 3.17. The lowest BCUT2D eigenvalue weighted by Crippen LogP contribution is -3.00. The smallest absolute Gasteiger partial charge is 0.128 e. The van der Waals surface area contributed by atoms with E-state index in [0.29, 0.717) is 5.02 Å². The maximum Gasteiger partial charge on any atom is 0.128 e. The number of quaternary nitrogens is 1. The maximum absolute atomic E-state index is 13.2. The zero-order valence-electron chi connectivity index (χ0n) is 6.99. The van der Waals surface area contributed by atoms with Gasteiger partial charge in [0.25, 0.3) is 0 Å². The molecule has 3 N–H and O–H groups in total. The first-order valence-corrected chi connectivity index (χ1v) is 4.37. The lowest BCUT2D eigenvalue weighted by Gasteiger charge is -2.02. The highest BCUT2D eigenvalue weighted by atomic mass is 35.5. The molecular formula is C9H10Cl2FN. The number of halogens is 3. The van der Waals surface area contributed by atoms with E-state index < -0.39 is 0 Å². The van der Waals surface area contributed by atoms with Gasteiger partial charge in [0.2, 0.25) is 0 Å². The van der Waals surface area contributed by atoms with Crippen molar-refractivity contribution in [3.8, 4) is 0 Å². The van der Waals surface area contributed by atoms with E-state index in [-0.39, 0.29) is 24.3 Å². The highest BCUT2D eigenvalue weighted by Gasteiger charge is 2.25. The van der Waals surface area contributed by atoms with Gasteiger partial charge >= 0.3 is 0 Å². The summed E-state index contributed by atoms with van der Waals surface area (Å²) in [6.07, 6.45) is 1.74. The fraction of sp³-hybridized carbons (Fsp3) is 0.333. The molecule has 1 atom stereocenters. The summed E-state index contributed by atoms with van der Waals surface area (Å²) < 4.78 is 13.2. The van der Waals surface area contributed by atoms with Crippen molar-refractivity contribution in [1.29, 1.82) is 0 Å². The molecule has 1 nitrogen and oxygen atoms in total. The van der Waals surface area contributed by atoms with Crippen molar-refractivity contribution in [3.05, 3.63) is 34.1 Å². The summed E-state index contributed by atoms with van der Waals surface area (Å²) in [7, 11) is 0. The van der Waals surface area contributed by atoms with Gasteiger partial charge in [0.05, 0.1) is 0 Å². The van der Waals surface area contributed by atoms with Crippen molar-refractivity contribution in [1.82, 2.24) is 0 Å². The number of hydrogen-bond donors (Lipinski definition) is 1. The Morgan fingerprint density at radius 1 is 1.46 bits per heavy atom. The molecule has 13 heavy (non-hydrogen) atoms. The zero-order valence-corrected chi connectivity index (χ0v) is 8.50. The number of benzene rings is 1. The summed E-state index contributed by atoms with van der Waals surface area (Å²) in [6, 6.07) is 3.41. The molecule has 0 unspecified atom stereocenters. The number of fused-ring (bicyclic) bond motifs is 1. The van der Waals surface area contributed by atoms with Crippen LogP contribution in [0.2, 0.25) is 5.02 Å². The van der Waals surface area contributed by atoms with Crippen molar-refractivity contribution >= 4 is 11.6 Å². The first-order chi connectivity index (χ1) is 5.68. The van der Waals surface area contributed by atoms with Crippen LogP contribution in [0.4, 0.5) is 4.39 Å². The summed E-state index contributed by atoms with van der Waals surface area (Å²) in [5, 5.41) is 0.474. The largest absolute Gasteiger partial charge is 1.00 e. The van der Waals surface area contributed by atoms with Gasteiger partial charge in [-0.05, 0) is 24.1 Å². The highest BCUT2D eigenvalue weighted by molar-refractivity contribution is 6.30. The van der Waals surface area contributed by atoms with Gasteiger partial charge in [-0.15, -0.1) is 0 Å². The predicted octanol–water partition coefficient (Wildman–Crippen LogP) is -1.29. The number of hydrogen-bond acceptors (Lipinski definition) is 0. The summed E-state index contributed by atoms with van der Waals surface area (Å²) in [4.78, 5) is 0. The average molecular weight is 222 g/mol. The minimum atomic E-state index is -0.177. The first-order valence-electron chi connectivity index (χ1n) is 3.99. The molecule has 0 saturated carbocycles. The summed E-state index contributed by atoms with van der Waals surface area (Å²) in [5.41, 5.74) is 5.73. The molecule has 1 aromatic carbocycles. The Labute approximate surface area is 87.5 Å². The van der Waals surface area contributed by atoms with Crippen molar-refractivity contribution in [3.63, 3.8) is 0 Å². The van der Waals surface area contributed by atoms with E-state index >= 15 is 0 Å². The minimum Gasteiger partial charge on any atom is -1.00 e. The standard InChI is InChI=1S/C9H9ClFN.ClH/c10-5-3-7-6(8(11)4-5)1-2-9(7)12;/h3-4,9H,1-2,12H2;1H/t9-;/m1./s1. The molecule has 1 aliphatic carbocycles. The Morgan fingerprint density at radius 3 is 2.85 bits per heavy atom. The molecule has 0 aliphatic heterocycles.